The highest BCUT2D eigenvalue weighted by Crippen LogP contribution is 2.54. The summed E-state index contributed by atoms with van der Waals surface area (Å²) >= 11 is 0. The molecule has 117 heavy (non-hydrogen) atoms. The Bertz CT molecular complexity index is 4390. The quantitative estimate of drug-likeness (QED) is 0.0167. The van der Waals surface area contributed by atoms with Crippen molar-refractivity contribution in [2.75, 3.05) is 26.4 Å². The fraction of sp³-hybridized carbons (Fsp3) is 0.400. The van der Waals surface area contributed by atoms with Gasteiger partial charge in [0.15, 0.2) is 67.6 Å². The van der Waals surface area contributed by atoms with E-state index in [2.05, 4.69) is 5.32 Å². The van der Waals surface area contributed by atoms with Gasteiger partial charge in [-0.05, 0) is 56.7 Å². The highest BCUT2D eigenvalue weighted by molar-refractivity contribution is 7.48. The van der Waals surface area contributed by atoms with E-state index in [4.69, 9.17) is 89.1 Å². The third kappa shape index (κ3) is 25.1. The molecule has 7 aromatic rings. The first-order chi connectivity index (χ1) is 56.0. The summed E-state index contributed by atoms with van der Waals surface area (Å²) in [7, 11) is -8.92. The summed E-state index contributed by atoms with van der Waals surface area (Å²) in [5.74, 6) is -8.02. The van der Waals surface area contributed by atoms with Crippen LogP contribution in [-0.2, 0) is 154 Å². The smallest absolute Gasteiger partial charge is 0.463 e. The van der Waals surface area contributed by atoms with Crippen LogP contribution in [0.25, 0.3) is 0 Å². The average molecular weight is 1650 g/mol. The number of benzene rings is 7. The molecule has 3 saturated heterocycles. The van der Waals surface area contributed by atoms with Gasteiger partial charge in [0.1, 0.15) is 44.2 Å². The Morgan fingerprint density at radius 3 is 1.34 bits per heavy atom. The third-order valence-corrected chi connectivity index (χ3v) is 25.1. The van der Waals surface area contributed by atoms with E-state index in [9.17, 15) is 38.4 Å². The number of nitrogens with one attached hydrogen (secondary N) is 1. The Hall–Kier alpha value is -10.4. The second kappa shape index (κ2) is 42.1. The maximum atomic E-state index is 16.0. The Morgan fingerprint density at radius 2 is 0.863 bits per heavy atom. The van der Waals surface area contributed by atoms with Crippen molar-refractivity contribution >= 4 is 80.4 Å². The van der Waals surface area contributed by atoms with Crippen LogP contribution in [0.1, 0.15) is 100 Å². The lowest BCUT2D eigenvalue weighted by atomic mass is 9.95. The molecule has 15 atom stereocenters. The monoisotopic (exact) mass is 1650 g/mol. The SMILES string of the molecule is CC(=O)OC[C@H]1O[C@@H](O[C@H]2[C@@H](OC(=O)c3ccc(C)cc3)[C@@H](CO[Si](c3ccccc3)(c3ccccc3)C(C)(C)C)O[C@@H](O[C@@H]3CO[C@@H](OC[C@H](NC(=O)OCc4ccccc4)C(=O)OCc4ccccc4)[C@H](OP(=O)(OCc4ccccc4)OCc4ccccc4)[C@H]3OC(C)=O)[C@@H]2OC(C)=O)[C@H](OC(C)=O)[C@@H](OC(C)=O)[C@H]1OC(C)=O. The zero-order valence-electron chi connectivity index (χ0n) is 66.2. The number of phosphoric acid groups is 1. The maximum absolute atomic E-state index is 16.0. The van der Waals surface area contributed by atoms with Crippen LogP contribution in [-0.4, -0.2) is 181 Å². The van der Waals surface area contributed by atoms with E-state index in [0.29, 0.717) is 22.3 Å². The second-order valence-corrected chi connectivity index (χ2v) is 34.6. The van der Waals surface area contributed by atoms with Crippen molar-refractivity contribution < 1.29 is 137 Å². The molecule has 3 aliphatic rings. The average Bonchev–Trinajstić information content (AvgIpc) is 0.740. The molecule has 0 aliphatic carbocycles. The first-order valence-electron chi connectivity index (χ1n) is 37.8. The van der Waals surface area contributed by atoms with Crippen LogP contribution in [0.15, 0.2) is 206 Å². The largest absolute Gasteiger partial charge is 0.476 e. The van der Waals surface area contributed by atoms with Gasteiger partial charge in [-0.25, -0.2) is 18.9 Å². The molecule has 3 heterocycles. The van der Waals surface area contributed by atoms with Gasteiger partial charge in [0.05, 0.1) is 38.6 Å². The summed E-state index contributed by atoms with van der Waals surface area (Å²) in [4.78, 5) is 125. The normalized spacial score (nSPS) is 22.9. The van der Waals surface area contributed by atoms with Gasteiger partial charge in [-0.1, -0.05) is 220 Å². The van der Waals surface area contributed by atoms with Crippen LogP contribution in [0.5, 0.6) is 0 Å². The van der Waals surface area contributed by atoms with E-state index in [1.54, 1.807) is 140 Å². The summed E-state index contributed by atoms with van der Waals surface area (Å²) in [5, 5.41) is 3.27. The van der Waals surface area contributed by atoms with E-state index in [1.165, 1.54) is 12.1 Å². The summed E-state index contributed by atoms with van der Waals surface area (Å²) in [5.41, 5.74) is 2.89. The van der Waals surface area contributed by atoms with Gasteiger partial charge in [0.25, 0.3) is 8.32 Å². The molecule has 0 bridgehead atoms. The molecule has 624 valence electrons. The van der Waals surface area contributed by atoms with E-state index < -0.39 is 207 Å². The predicted molar refractivity (Wildman–Crippen MR) is 416 cm³/mol. The predicted octanol–water partition coefficient (Wildman–Crippen LogP) is 9.88. The lowest BCUT2D eigenvalue weighted by molar-refractivity contribution is -0.373. The van der Waals surface area contributed by atoms with Crippen LogP contribution in [0, 0.1) is 6.92 Å². The number of phosphoric ester groups is 1. The van der Waals surface area contributed by atoms with E-state index in [-0.39, 0.29) is 18.8 Å². The third-order valence-electron chi connectivity index (χ3n) is 18.7. The molecule has 0 saturated carbocycles. The highest BCUT2D eigenvalue weighted by atomic mass is 31.2. The number of aryl methyl sites for hydroxylation is 1. The molecule has 32 heteroatoms. The van der Waals surface area contributed by atoms with Crippen molar-refractivity contribution in [2.45, 2.75) is 193 Å². The van der Waals surface area contributed by atoms with Gasteiger partial charge in [0, 0.05) is 41.5 Å². The topological polar surface area (TPSA) is 358 Å². The van der Waals surface area contributed by atoms with Crippen LogP contribution >= 0.6 is 7.82 Å². The molecule has 0 aromatic heterocycles. The molecule has 3 aliphatic heterocycles. The van der Waals surface area contributed by atoms with Gasteiger partial charge in [-0.2, -0.15) is 0 Å². The number of ether oxygens (including phenoxy) is 15. The van der Waals surface area contributed by atoms with Gasteiger partial charge in [-0.15, -0.1) is 0 Å². The number of carbonyl (C=O) groups excluding carboxylic acids is 9. The Balaban J connectivity index is 1.14. The second-order valence-electron chi connectivity index (χ2n) is 28.7. The number of hydrogen-bond acceptors (Lipinski definition) is 29. The maximum Gasteiger partial charge on any atom is 0.476 e. The van der Waals surface area contributed by atoms with E-state index >= 15 is 9.36 Å². The molecule has 0 unspecified atom stereocenters. The lowest BCUT2D eigenvalue weighted by Crippen LogP contribution is -2.70. The zero-order valence-corrected chi connectivity index (χ0v) is 68.1. The number of alkyl carbamates (subject to hydrolysis) is 1. The summed E-state index contributed by atoms with van der Waals surface area (Å²) in [6.07, 6.45) is -28.2. The van der Waals surface area contributed by atoms with Crippen LogP contribution in [0.4, 0.5) is 4.79 Å². The summed E-state index contributed by atoms with van der Waals surface area (Å²) < 4.78 is 137. The minimum atomic E-state index is -5.15. The number of rotatable bonds is 35. The fourth-order valence-corrected chi connectivity index (χ4v) is 19.4. The molecule has 3 fully saturated rings. The van der Waals surface area contributed by atoms with Crippen molar-refractivity contribution in [1.29, 1.82) is 0 Å². The van der Waals surface area contributed by atoms with Crippen molar-refractivity contribution in [3.05, 3.63) is 240 Å². The number of hydrogen-bond donors (Lipinski definition) is 1. The van der Waals surface area contributed by atoms with Crippen molar-refractivity contribution in [1.82, 2.24) is 5.32 Å². The lowest BCUT2D eigenvalue weighted by Gasteiger charge is -2.50. The van der Waals surface area contributed by atoms with E-state index in [1.807, 2.05) is 81.4 Å². The van der Waals surface area contributed by atoms with Crippen molar-refractivity contribution in [3.63, 3.8) is 0 Å². The minimum Gasteiger partial charge on any atom is -0.463 e. The Morgan fingerprint density at radius 1 is 0.444 bits per heavy atom. The summed E-state index contributed by atoms with van der Waals surface area (Å²) in [6.45, 7) is 9.65. The first kappa shape index (κ1) is 89.0. The van der Waals surface area contributed by atoms with Crippen LogP contribution in [0.2, 0.25) is 5.04 Å². The number of amides is 1. The molecule has 7 aromatic carbocycles. The molecule has 10 rings (SSSR count). The number of carbonyl (C=O) groups is 9. The van der Waals surface area contributed by atoms with E-state index in [0.717, 1.165) is 57.5 Å². The Labute approximate surface area is 678 Å². The van der Waals surface area contributed by atoms with Crippen LogP contribution < -0.4 is 15.7 Å². The van der Waals surface area contributed by atoms with Gasteiger partial charge in [0.2, 0.25) is 0 Å². The van der Waals surface area contributed by atoms with Crippen LogP contribution in [0.3, 0.4) is 0 Å². The first-order valence-corrected chi connectivity index (χ1v) is 41.1. The highest BCUT2D eigenvalue weighted by Gasteiger charge is 2.61. The van der Waals surface area contributed by atoms with Gasteiger partial charge in [-0.3, -0.25) is 42.3 Å². The van der Waals surface area contributed by atoms with Gasteiger partial charge >= 0.3 is 61.7 Å². The fourth-order valence-electron chi connectivity index (χ4n) is 13.5. The number of esters is 8. The molecule has 0 radical (unpaired) electrons. The molecule has 1 amide bonds. The minimum absolute atomic E-state index is 0.0148. The molecule has 0 spiro atoms. The molecule has 1 N–H and O–H groups in total. The Kier molecular flexibility index (Phi) is 32.0. The van der Waals surface area contributed by atoms with Gasteiger partial charge < -0.3 is 80.8 Å². The zero-order chi connectivity index (χ0) is 83.8. The van der Waals surface area contributed by atoms with Crippen molar-refractivity contribution in [3.8, 4) is 0 Å². The standard InChI is InChI=1S/C85H96NO29PSi/c1-53-41-43-64(44-42-53)79(93)113-72-70(52-104-117(85(8,9)10,65-37-25-15-26-38-65)66-39-27-16-28-40-66)112-82(77(109-59(7)92)75(72)114-83-76(108-58(6)91)74(107-57(5)90)71(105-55(3)88)68(111-83)50-97-54(2)87)110-69-51-100-81(99-49-67(80(94)98-45-60-29-17-11-18-30-60)86-84(95)101-46-61-31-19-12-20-32-61)78(73(69)106-56(4)89)115-116(96,102-47-62-33-21-13-22-34-62)103-48-63-35-23-14-24-36-63/h11-44,67-78,81-83H,45-52H2,1-10H3,(H,86,95)/t67-,68+,69+,70+,71-,72-,73-,74-,75-,76+,77+,78+,81+,82+,83-/m0/s1. The molecular weight excluding hydrogens is 1560 g/mol. The van der Waals surface area contributed by atoms with Crippen molar-refractivity contribution in [2.24, 2.45) is 0 Å². The summed E-state index contributed by atoms with van der Waals surface area (Å²) in [6, 6.07) is 57.7. The molecular formula is C85H96NO29PSi. The molecule has 30 nitrogen and oxygen atoms in total.